The van der Waals surface area contributed by atoms with Gasteiger partial charge in [0.1, 0.15) is 17.6 Å². The van der Waals surface area contributed by atoms with Crippen LogP contribution >= 0.6 is 0 Å². The van der Waals surface area contributed by atoms with Crippen molar-refractivity contribution >= 4 is 28.0 Å². The quantitative estimate of drug-likeness (QED) is 0.553. The van der Waals surface area contributed by atoms with Crippen LogP contribution in [-0.4, -0.2) is 59.7 Å². The number of aromatic nitrogens is 5. The van der Waals surface area contributed by atoms with Gasteiger partial charge < -0.3 is 14.6 Å². The minimum Gasteiger partial charge on any atom is -0.391 e. The molecule has 0 spiro atoms. The molecule has 8 nitrogen and oxygen atoms in total. The van der Waals surface area contributed by atoms with E-state index in [0.29, 0.717) is 24.8 Å². The summed E-state index contributed by atoms with van der Waals surface area (Å²) in [5.41, 5.74) is 3.58. The van der Waals surface area contributed by atoms with Gasteiger partial charge in [0.05, 0.1) is 29.5 Å². The maximum Gasteiger partial charge on any atom is 0.246 e. The van der Waals surface area contributed by atoms with Gasteiger partial charge in [-0.25, -0.2) is 4.98 Å². The van der Waals surface area contributed by atoms with Crippen molar-refractivity contribution in [1.29, 1.82) is 0 Å². The van der Waals surface area contributed by atoms with Gasteiger partial charge in [-0.3, -0.25) is 4.79 Å². The minimum absolute atomic E-state index is 0.0122. The number of likely N-dealkylation sites (tertiary alicyclic amines) is 1. The number of nitrogens with zero attached hydrogens (tertiary/aromatic N) is 6. The molecule has 158 valence electrons. The largest absolute Gasteiger partial charge is 0.391 e. The summed E-state index contributed by atoms with van der Waals surface area (Å²) < 4.78 is 2.11. The molecule has 0 unspecified atom stereocenters. The number of benzene rings is 2. The Bertz CT molecular complexity index is 1230. The highest BCUT2D eigenvalue weighted by Crippen LogP contribution is 2.42. The molecule has 2 aromatic heterocycles. The van der Waals surface area contributed by atoms with Crippen molar-refractivity contribution in [2.75, 3.05) is 13.1 Å². The first-order valence-corrected chi connectivity index (χ1v) is 10.8. The van der Waals surface area contributed by atoms with Gasteiger partial charge in [0.2, 0.25) is 5.91 Å². The average molecular weight is 416 g/mol. The van der Waals surface area contributed by atoms with Gasteiger partial charge in [0.15, 0.2) is 0 Å². The van der Waals surface area contributed by atoms with Crippen molar-refractivity contribution < 1.29 is 9.90 Å². The number of para-hydroxylation sites is 2. The predicted molar refractivity (Wildman–Crippen MR) is 115 cm³/mol. The van der Waals surface area contributed by atoms with E-state index in [1.165, 1.54) is 4.80 Å². The van der Waals surface area contributed by atoms with Crippen LogP contribution in [0.4, 0.5) is 0 Å². The fourth-order valence-corrected chi connectivity index (χ4v) is 5.35. The van der Waals surface area contributed by atoms with Gasteiger partial charge in [-0.2, -0.15) is 15.0 Å². The summed E-state index contributed by atoms with van der Waals surface area (Å²) in [5.74, 6) is 0.742. The molecule has 4 atom stereocenters. The van der Waals surface area contributed by atoms with E-state index in [1.807, 2.05) is 59.8 Å². The van der Waals surface area contributed by atoms with E-state index in [2.05, 4.69) is 19.7 Å². The molecular formula is C23H24N6O2. The predicted octanol–water partition coefficient (Wildman–Crippen LogP) is 2.25. The van der Waals surface area contributed by atoms with Gasteiger partial charge in [0.25, 0.3) is 0 Å². The van der Waals surface area contributed by atoms with Crippen LogP contribution in [0, 0.1) is 11.8 Å². The Morgan fingerprint density at radius 2 is 1.58 bits per heavy atom. The molecule has 1 saturated carbocycles. The van der Waals surface area contributed by atoms with Crippen molar-refractivity contribution in [3.63, 3.8) is 0 Å². The lowest BCUT2D eigenvalue weighted by atomic mass is 9.77. The van der Waals surface area contributed by atoms with E-state index in [4.69, 9.17) is 0 Å². The summed E-state index contributed by atoms with van der Waals surface area (Å²) in [6, 6.07) is 15.6. The second kappa shape index (κ2) is 7.16. The number of rotatable bonds is 3. The number of aliphatic hydroxyl groups is 1. The van der Waals surface area contributed by atoms with Crippen molar-refractivity contribution in [3.05, 3.63) is 54.9 Å². The highest BCUT2D eigenvalue weighted by Gasteiger charge is 2.43. The van der Waals surface area contributed by atoms with Crippen LogP contribution in [0.2, 0.25) is 0 Å². The Labute approximate surface area is 179 Å². The normalized spacial score (nSPS) is 25.9. The van der Waals surface area contributed by atoms with Crippen LogP contribution in [0.15, 0.2) is 54.9 Å². The van der Waals surface area contributed by atoms with E-state index in [9.17, 15) is 9.90 Å². The van der Waals surface area contributed by atoms with E-state index in [1.54, 1.807) is 0 Å². The van der Waals surface area contributed by atoms with Crippen LogP contribution in [0.3, 0.4) is 0 Å². The molecule has 0 radical (unpaired) electrons. The van der Waals surface area contributed by atoms with Crippen LogP contribution in [-0.2, 0) is 11.3 Å². The molecule has 1 saturated heterocycles. The zero-order valence-corrected chi connectivity index (χ0v) is 17.1. The number of amides is 1. The topological polar surface area (TPSA) is 89.1 Å². The zero-order valence-electron chi connectivity index (χ0n) is 17.1. The van der Waals surface area contributed by atoms with Gasteiger partial charge in [-0.15, -0.1) is 0 Å². The molecule has 1 N–H and O–H groups in total. The molecular weight excluding hydrogens is 392 g/mol. The highest BCUT2D eigenvalue weighted by atomic mass is 16.3. The van der Waals surface area contributed by atoms with Crippen molar-refractivity contribution in [2.45, 2.75) is 31.5 Å². The Balaban J connectivity index is 1.17. The summed E-state index contributed by atoms with van der Waals surface area (Å²) in [5, 5.41) is 19.7. The second-order valence-corrected chi connectivity index (χ2v) is 8.78. The van der Waals surface area contributed by atoms with E-state index in [-0.39, 0.29) is 18.5 Å². The average Bonchev–Trinajstić information content (AvgIpc) is 3.48. The molecule has 1 amide bonds. The van der Waals surface area contributed by atoms with Gasteiger partial charge in [0, 0.05) is 13.1 Å². The second-order valence-electron chi connectivity index (χ2n) is 8.78. The maximum absolute atomic E-state index is 12.9. The number of aliphatic hydroxyl groups excluding tert-OH is 1. The highest BCUT2D eigenvalue weighted by molar-refractivity contribution is 5.77. The Morgan fingerprint density at radius 1 is 0.935 bits per heavy atom. The van der Waals surface area contributed by atoms with Gasteiger partial charge in [-0.1, -0.05) is 24.3 Å². The Hall–Kier alpha value is -3.26. The zero-order chi connectivity index (χ0) is 20.9. The molecule has 3 heterocycles. The van der Waals surface area contributed by atoms with Crippen molar-refractivity contribution in [2.24, 2.45) is 11.8 Å². The number of carbonyl (C=O) groups is 1. The lowest BCUT2D eigenvalue weighted by Gasteiger charge is -2.36. The van der Waals surface area contributed by atoms with Gasteiger partial charge >= 0.3 is 0 Å². The number of fused-ring (bicyclic) bond motifs is 3. The summed E-state index contributed by atoms with van der Waals surface area (Å²) in [4.78, 5) is 20.9. The lowest BCUT2D eigenvalue weighted by molar-refractivity contribution is -0.131. The smallest absolute Gasteiger partial charge is 0.246 e. The van der Waals surface area contributed by atoms with Gasteiger partial charge in [-0.05, 0) is 48.9 Å². The third-order valence-corrected chi connectivity index (χ3v) is 6.90. The summed E-state index contributed by atoms with van der Waals surface area (Å²) in [7, 11) is 0. The van der Waals surface area contributed by atoms with E-state index in [0.717, 1.165) is 35.0 Å². The maximum atomic E-state index is 12.9. The number of hydrogen-bond acceptors (Lipinski definition) is 5. The molecule has 2 aliphatic rings. The Morgan fingerprint density at radius 3 is 2.32 bits per heavy atom. The molecule has 2 aromatic carbocycles. The summed E-state index contributed by atoms with van der Waals surface area (Å²) in [6.45, 7) is 1.56. The van der Waals surface area contributed by atoms with E-state index < -0.39 is 6.10 Å². The van der Waals surface area contributed by atoms with Crippen LogP contribution in [0.1, 0.15) is 18.9 Å². The molecule has 0 bridgehead atoms. The first-order chi connectivity index (χ1) is 15.2. The van der Waals surface area contributed by atoms with Crippen LogP contribution in [0.5, 0.6) is 0 Å². The summed E-state index contributed by atoms with van der Waals surface area (Å²) >= 11 is 0. The Kier molecular flexibility index (Phi) is 4.27. The van der Waals surface area contributed by atoms with Crippen molar-refractivity contribution in [1.82, 2.24) is 29.4 Å². The molecule has 6 rings (SSSR count). The molecule has 2 fully saturated rings. The first-order valence-electron chi connectivity index (χ1n) is 10.8. The van der Waals surface area contributed by atoms with Crippen LogP contribution in [0.25, 0.3) is 22.1 Å². The number of hydrogen-bond donors (Lipinski definition) is 1. The minimum atomic E-state index is -0.438. The first kappa shape index (κ1) is 18.5. The molecule has 31 heavy (non-hydrogen) atoms. The summed E-state index contributed by atoms with van der Waals surface area (Å²) in [6.07, 6.45) is 2.95. The monoisotopic (exact) mass is 416 g/mol. The molecule has 8 heteroatoms. The molecule has 1 aliphatic carbocycles. The third-order valence-electron chi connectivity index (χ3n) is 6.90. The van der Waals surface area contributed by atoms with E-state index >= 15 is 0 Å². The third kappa shape index (κ3) is 3.18. The fourth-order valence-electron chi connectivity index (χ4n) is 5.35. The molecule has 1 aliphatic heterocycles. The molecule has 4 aromatic rings. The fraction of sp³-hybridized carbons (Fsp3) is 0.391. The number of imidazole rings is 1. The SMILES string of the molecule is O=C(Cn1nc2ccccc2n1)N1C[C@H]2C[C@@H](n3cnc4ccccc43)[C@H](O)C[C@H]2C1. The van der Waals surface area contributed by atoms with Crippen LogP contribution < -0.4 is 0 Å². The number of carbonyl (C=O) groups excluding carboxylic acids is 1. The van der Waals surface area contributed by atoms with Crippen molar-refractivity contribution in [3.8, 4) is 0 Å². The lowest BCUT2D eigenvalue weighted by Crippen LogP contribution is -2.36. The standard InChI is InChI=1S/C23H24N6O2/c30-22-10-16-12-27(23(31)13-29-25-17-5-1-2-6-18(17)26-29)11-15(16)9-21(22)28-14-24-19-7-3-4-8-20(19)28/h1-8,14-16,21-22,30H,9-13H2/t15-,16+,21-,22-/m1/s1.